The number of hydrogen-bond donors (Lipinski definition) is 0. The maximum absolute atomic E-state index is 12.5. The number of carbonyl (C=O) groups excluding carboxylic acids is 2. The van der Waals surface area contributed by atoms with E-state index in [1.807, 2.05) is 0 Å². The summed E-state index contributed by atoms with van der Waals surface area (Å²) in [5.41, 5.74) is 0. The highest BCUT2D eigenvalue weighted by Gasteiger charge is 2.43. The second-order valence-corrected chi connectivity index (χ2v) is 7.79. The molecule has 3 heteroatoms. The highest BCUT2D eigenvalue weighted by Crippen LogP contribution is 2.40. The van der Waals surface area contributed by atoms with Crippen LogP contribution in [0.4, 0.5) is 0 Å². The van der Waals surface area contributed by atoms with Gasteiger partial charge in [-0.15, -0.1) is 0 Å². The van der Waals surface area contributed by atoms with Crippen LogP contribution in [0.15, 0.2) is 0 Å². The maximum atomic E-state index is 12.5. The number of hydrogen-bond acceptors (Lipinski definition) is 3. The summed E-state index contributed by atoms with van der Waals surface area (Å²) in [5, 5.41) is 0. The average Bonchev–Trinajstić information content (AvgIpc) is 2.40. The number of fused-ring (bicyclic) bond motifs is 1. The molecule has 1 saturated heterocycles. The lowest BCUT2D eigenvalue weighted by atomic mass is 9.70. The number of carbonyl (C=O) groups is 2. The summed E-state index contributed by atoms with van der Waals surface area (Å²) in [4.78, 5) is 24.7. The smallest absolute Gasteiger partial charge is 0.309 e. The van der Waals surface area contributed by atoms with Crippen molar-refractivity contribution in [3.8, 4) is 0 Å². The minimum atomic E-state index is -0.0465. The normalized spacial score (nSPS) is 38.0. The van der Waals surface area contributed by atoms with Crippen LogP contribution in [0.5, 0.6) is 0 Å². The molecule has 5 unspecified atom stereocenters. The minimum Gasteiger partial charge on any atom is -0.462 e. The Morgan fingerprint density at radius 1 is 0.952 bits per heavy atom. The van der Waals surface area contributed by atoms with Gasteiger partial charge in [-0.25, -0.2) is 0 Å². The fourth-order valence-corrected chi connectivity index (χ4v) is 3.93. The van der Waals surface area contributed by atoms with Crippen LogP contribution in [0.2, 0.25) is 0 Å². The van der Waals surface area contributed by atoms with E-state index in [9.17, 15) is 9.59 Å². The van der Waals surface area contributed by atoms with Crippen LogP contribution >= 0.6 is 0 Å². The van der Waals surface area contributed by atoms with Gasteiger partial charge in [0.25, 0.3) is 0 Å². The number of esters is 1. The molecule has 3 nitrogen and oxygen atoms in total. The number of rotatable bonds is 2. The molecule has 0 bridgehead atoms. The van der Waals surface area contributed by atoms with E-state index >= 15 is 0 Å². The first-order chi connectivity index (χ1) is 9.81. The molecule has 0 spiro atoms. The quantitative estimate of drug-likeness (QED) is 0.726. The van der Waals surface area contributed by atoms with E-state index in [0.29, 0.717) is 23.5 Å². The van der Waals surface area contributed by atoms with Gasteiger partial charge in [-0.3, -0.25) is 9.59 Å². The lowest BCUT2D eigenvalue weighted by Crippen LogP contribution is -2.44. The van der Waals surface area contributed by atoms with E-state index in [1.54, 1.807) is 0 Å². The van der Waals surface area contributed by atoms with Crippen molar-refractivity contribution in [1.29, 1.82) is 0 Å². The molecule has 2 fully saturated rings. The SMILES string of the molecule is CC1CCC2CC(C(C)C)C(=O)OC2CC(C(C)C)C1=O. The molecule has 2 aliphatic rings. The van der Waals surface area contributed by atoms with Crippen LogP contribution in [0.3, 0.4) is 0 Å². The van der Waals surface area contributed by atoms with Gasteiger partial charge in [0, 0.05) is 11.8 Å². The van der Waals surface area contributed by atoms with Crippen molar-refractivity contribution < 1.29 is 14.3 Å². The molecular weight excluding hydrogens is 264 g/mol. The van der Waals surface area contributed by atoms with Crippen LogP contribution in [0, 0.1) is 35.5 Å². The standard InChI is InChI=1S/C18H30O3/c1-10(2)14-9-16-13(7-6-12(5)17(14)19)8-15(11(3)4)18(20)21-16/h10-16H,6-9H2,1-5H3. The van der Waals surface area contributed by atoms with Gasteiger partial charge < -0.3 is 4.74 Å². The van der Waals surface area contributed by atoms with Crippen molar-refractivity contribution in [2.24, 2.45) is 35.5 Å². The van der Waals surface area contributed by atoms with Gasteiger partial charge in [0.2, 0.25) is 0 Å². The third-order valence-corrected chi connectivity index (χ3v) is 5.57. The Hall–Kier alpha value is -0.860. The summed E-state index contributed by atoms with van der Waals surface area (Å²) in [6.07, 6.45) is 3.57. The van der Waals surface area contributed by atoms with Gasteiger partial charge in [-0.05, 0) is 43.4 Å². The van der Waals surface area contributed by atoms with Gasteiger partial charge in [0.1, 0.15) is 11.9 Å². The summed E-state index contributed by atoms with van der Waals surface area (Å²) in [5.74, 6) is 1.63. The highest BCUT2D eigenvalue weighted by atomic mass is 16.5. The van der Waals surface area contributed by atoms with Crippen molar-refractivity contribution in [3.63, 3.8) is 0 Å². The van der Waals surface area contributed by atoms with Crippen molar-refractivity contribution >= 4 is 11.8 Å². The zero-order chi connectivity index (χ0) is 15.7. The molecule has 0 N–H and O–H groups in total. The molecule has 1 heterocycles. The third kappa shape index (κ3) is 3.49. The third-order valence-electron chi connectivity index (χ3n) is 5.57. The van der Waals surface area contributed by atoms with E-state index in [2.05, 4.69) is 34.6 Å². The molecule has 0 amide bonds. The van der Waals surface area contributed by atoms with Gasteiger partial charge in [-0.2, -0.15) is 0 Å². The van der Waals surface area contributed by atoms with Crippen LogP contribution in [-0.4, -0.2) is 17.9 Å². The van der Waals surface area contributed by atoms with Crippen molar-refractivity contribution in [2.45, 2.75) is 66.4 Å². The molecule has 2 rings (SSSR count). The lowest BCUT2D eigenvalue weighted by molar-refractivity contribution is -0.172. The summed E-state index contributed by atoms with van der Waals surface area (Å²) in [6.45, 7) is 10.5. The number of ether oxygens (including phenoxy) is 1. The van der Waals surface area contributed by atoms with Crippen LogP contribution in [0.25, 0.3) is 0 Å². The highest BCUT2D eigenvalue weighted by molar-refractivity contribution is 5.83. The topological polar surface area (TPSA) is 43.4 Å². The van der Waals surface area contributed by atoms with Crippen molar-refractivity contribution in [2.75, 3.05) is 0 Å². The van der Waals surface area contributed by atoms with E-state index in [4.69, 9.17) is 4.74 Å². The van der Waals surface area contributed by atoms with E-state index in [0.717, 1.165) is 25.7 Å². The Morgan fingerprint density at radius 2 is 1.57 bits per heavy atom. The lowest BCUT2D eigenvalue weighted by Gasteiger charge is -2.41. The molecular formula is C18H30O3. The summed E-state index contributed by atoms with van der Waals surface area (Å²) in [7, 11) is 0. The zero-order valence-electron chi connectivity index (χ0n) is 14.1. The molecule has 21 heavy (non-hydrogen) atoms. The van der Waals surface area contributed by atoms with E-state index in [-0.39, 0.29) is 29.8 Å². The van der Waals surface area contributed by atoms with Crippen LogP contribution < -0.4 is 0 Å². The Kier molecular flexibility index (Phi) is 5.11. The maximum Gasteiger partial charge on any atom is 0.309 e. The summed E-state index contributed by atoms with van der Waals surface area (Å²) in [6, 6.07) is 0. The van der Waals surface area contributed by atoms with Gasteiger partial charge in [0.15, 0.2) is 0 Å². The predicted octanol–water partition coefficient (Wildman–Crippen LogP) is 3.85. The average molecular weight is 294 g/mol. The van der Waals surface area contributed by atoms with Gasteiger partial charge in [0.05, 0.1) is 5.92 Å². The Morgan fingerprint density at radius 3 is 2.14 bits per heavy atom. The summed E-state index contributed by atoms with van der Waals surface area (Å²) >= 11 is 0. The molecule has 1 aliphatic heterocycles. The first-order valence-corrected chi connectivity index (χ1v) is 8.55. The zero-order valence-corrected chi connectivity index (χ0v) is 14.1. The van der Waals surface area contributed by atoms with Crippen molar-refractivity contribution in [3.05, 3.63) is 0 Å². The largest absolute Gasteiger partial charge is 0.462 e. The minimum absolute atomic E-state index is 0.0363. The Labute approximate surface area is 128 Å². The van der Waals surface area contributed by atoms with Crippen molar-refractivity contribution in [1.82, 2.24) is 0 Å². The fraction of sp³-hybridized carbons (Fsp3) is 0.889. The van der Waals surface area contributed by atoms with E-state index in [1.165, 1.54) is 0 Å². The first-order valence-electron chi connectivity index (χ1n) is 8.55. The molecule has 0 aromatic rings. The molecule has 0 radical (unpaired) electrons. The molecule has 120 valence electrons. The number of ketones is 1. The molecule has 5 atom stereocenters. The Bertz CT molecular complexity index is 399. The molecule has 1 aliphatic carbocycles. The van der Waals surface area contributed by atoms with Gasteiger partial charge in [-0.1, -0.05) is 34.6 Å². The molecule has 1 saturated carbocycles. The molecule has 0 aromatic heterocycles. The summed E-state index contributed by atoms with van der Waals surface area (Å²) < 4.78 is 5.77. The van der Waals surface area contributed by atoms with E-state index < -0.39 is 0 Å². The van der Waals surface area contributed by atoms with Gasteiger partial charge >= 0.3 is 5.97 Å². The predicted molar refractivity (Wildman–Crippen MR) is 82.7 cm³/mol. The monoisotopic (exact) mass is 294 g/mol. The first kappa shape index (κ1) is 16.5. The van der Waals surface area contributed by atoms with Crippen LogP contribution in [-0.2, 0) is 14.3 Å². The second kappa shape index (κ2) is 6.50. The second-order valence-electron chi connectivity index (χ2n) is 7.79. The van der Waals surface area contributed by atoms with Crippen LogP contribution in [0.1, 0.15) is 60.3 Å². The fourth-order valence-electron chi connectivity index (χ4n) is 3.93. The molecule has 0 aromatic carbocycles. The number of Topliss-reactive ketones (excluding diaryl/α,β-unsaturated/α-hetero) is 1. The Balaban J connectivity index is 2.18.